The van der Waals surface area contributed by atoms with Crippen molar-refractivity contribution >= 4 is 16.9 Å². The second-order valence-corrected chi connectivity index (χ2v) is 7.43. The molecule has 4 rings (SSSR count). The molecule has 1 aromatic heterocycles. The van der Waals surface area contributed by atoms with E-state index in [4.69, 9.17) is 9.15 Å². The summed E-state index contributed by atoms with van der Waals surface area (Å²) in [5, 5.41) is 3.92. The molecule has 1 amide bonds. The molecule has 156 valence electrons. The Kier molecular flexibility index (Phi) is 5.85. The second kappa shape index (κ2) is 8.88. The fourth-order valence-corrected chi connectivity index (χ4v) is 3.55. The van der Waals surface area contributed by atoms with Gasteiger partial charge in [-0.2, -0.15) is 0 Å². The number of fused-ring (bicyclic) bond motifs is 1. The maximum atomic E-state index is 13.0. The molecule has 0 saturated heterocycles. The van der Waals surface area contributed by atoms with Crippen molar-refractivity contribution in [2.75, 3.05) is 0 Å². The van der Waals surface area contributed by atoms with Gasteiger partial charge in [0.2, 0.25) is 0 Å². The molecular weight excluding hydrogens is 390 g/mol. The summed E-state index contributed by atoms with van der Waals surface area (Å²) in [6.45, 7) is 3.54. The zero-order valence-corrected chi connectivity index (χ0v) is 17.4. The highest BCUT2D eigenvalue weighted by atomic mass is 16.5. The summed E-state index contributed by atoms with van der Waals surface area (Å²) in [6.07, 6.45) is -0.746. The summed E-state index contributed by atoms with van der Waals surface area (Å²) >= 11 is 0. The monoisotopic (exact) mass is 413 g/mol. The first-order valence-corrected chi connectivity index (χ1v) is 10.1. The molecule has 31 heavy (non-hydrogen) atoms. The lowest BCUT2D eigenvalue weighted by atomic mass is 9.98. The number of amides is 1. The fraction of sp³-hybridized carbons (Fsp3) is 0.154. The number of ether oxygens (including phenoxy) is 1. The molecule has 1 N–H and O–H groups in total. The maximum Gasteiger partial charge on any atom is 0.336 e. The van der Waals surface area contributed by atoms with Crippen LogP contribution >= 0.6 is 0 Å². The minimum atomic E-state index is -0.746. The molecule has 0 fully saturated rings. The van der Waals surface area contributed by atoms with E-state index in [-0.39, 0.29) is 11.9 Å². The van der Waals surface area contributed by atoms with E-state index in [0.717, 1.165) is 22.1 Å². The predicted molar refractivity (Wildman–Crippen MR) is 120 cm³/mol. The molecule has 1 atom stereocenters. The molecule has 4 aromatic rings. The molecule has 0 saturated carbocycles. The Balaban J connectivity index is 1.54. The molecule has 0 aliphatic rings. The van der Waals surface area contributed by atoms with Crippen molar-refractivity contribution < 1.29 is 13.9 Å². The molecule has 0 radical (unpaired) electrons. The Morgan fingerprint density at radius 3 is 2.13 bits per heavy atom. The van der Waals surface area contributed by atoms with Gasteiger partial charge in [-0.15, -0.1) is 0 Å². The molecule has 0 spiro atoms. The SMILES string of the molecule is Cc1cc(=O)oc2cc(OC(C)C(=O)NC(c3ccccc3)c3ccccc3)ccc12. The third kappa shape index (κ3) is 4.67. The highest BCUT2D eigenvalue weighted by Gasteiger charge is 2.22. The van der Waals surface area contributed by atoms with E-state index in [1.807, 2.05) is 73.7 Å². The van der Waals surface area contributed by atoms with Crippen molar-refractivity contribution in [3.63, 3.8) is 0 Å². The lowest BCUT2D eigenvalue weighted by Gasteiger charge is -2.22. The molecule has 0 aliphatic heterocycles. The highest BCUT2D eigenvalue weighted by Crippen LogP contribution is 2.24. The van der Waals surface area contributed by atoms with E-state index in [1.165, 1.54) is 6.07 Å². The van der Waals surface area contributed by atoms with Gasteiger partial charge in [0, 0.05) is 17.5 Å². The third-order valence-corrected chi connectivity index (χ3v) is 5.16. The quantitative estimate of drug-likeness (QED) is 0.462. The topological polar surface area (TPSA) is 68.5 Å². The van der Waals surface area contributed by atoms with Gasteiger partial charge in [-0.3, -0.25) is 4.79 Å². The van der Waals surface area contributed by atoms with Crippen LogP contribution in [0.3, 0.4) is 0 Å². The smallest absolute Gasteiger partial charge is 0.336 e. The minimum Gasteiger partial charge on any atom is -0.481 e. The Bertz CT molecular complexity index is 1210. The van der Waals surface area contributed by atoms with E-state index in [9.17, 15) is 9.59 Å². The molecular formula is C26H23NO4. The zero-order chi connectivity index (χ0) is 21.8. The van der Waals surface area contributed by atoms with Crippen LogP contribution in [-0.2, 0) is 4.79 Å². The van der Waals surface area contributed by atoms with Crippen LogP contribution < -0.4 is 15.7 Å². The Morgan fingerprint density at radius 1 is 0.903 bits per heavy atom. The first kappa shape index (κ1) is 20.4. The average molecular weight is 413 g/mol. The largest absolute Gasteiger partial charge is 0.481 e. The summed E-state index contributed by atoms with van der Waals surface area (Å²) in [5.74, 6) is 0.211. The number of carbonyl (C=O) groups excluding carboxylic acids is 1. The number of hydrogen-bond donors (Lipinski definition) is 1. The molecule has 3 aromatic carbocycles. The first-order valence-electron chi connectivity index (χ1n) is 10.1. The molecule has 0 bridgehead atoms. The number of rotatable bonds is 6. The van der Waals surface area contributed by atoms with E-state index >= 15 is 0 Å². The van der Waals surface area contributed by atoms with Gasteiger partial charge in [0.15, 0.2) is 6.10 Å². The van der Waals surface area contributed by atoms with Gasteiger partial charge in [0.1, 0.15) is 11.3 Å². The van der Waals surface area contributed by atoms with Crippen LogP contribution in [0.1, 0.15) is 29.7 Å². The molecule has 0 aliphatic carbocycles. The van der Waals surface area contributed by atoms with Crippen molar-refractivity contribution in [1.82, 2.24) is 5.32 Å². The van der Waals surface area contributed by atoms with Crippen LogP contribution in [0.5, 0.6) is 5.75 Å². The maximum absolute atomic E-state index is 13.0. The van der Waals surface area contributed by atoms with Gasteiger partial charge in [-0.25, -0.2) is 4.79 Å². The van der Waals surface area contributed by atoms with Crippen LogP contribution in [0, 0.1) is 6.92 Å². The molecule has 5 heteroatoms. The molecule has 1 heterocycles. The minimum absolute atomic E-state index is 0.247. The van der Waals surface area contributed by atoms with E-state index in [2.05, 4.69) is 5.32 Å². The lowest BCUT2D eigenvalue weighted by molar-refractivity contribution is -0.127. The van der Waals surface area contributed by atoms with Crippen molar-refractivity contribution in [2.24, 2.45) is 0 Å². The summed E-state index contributed by atoms with van der Waals surface area (Å²) < 4.78 is 11.1. The van der Waals surface area contributed by atoms with Crippen molar-refractivity contribution in [3.8, 4) is 5.75 Å². The summed E-state index contributed by atoms with van der Waals surface area (Å²) in [4.78, 5) is 24.6. The van der Waals surface area contributed by atoms with Gasteiger partial charge in [0.05, 0.1) is 6.04 Å². The predicted octanol–water partition coefficient (Wildman–Crippen LogP) is 4.77. The average Bonchev–Trinajstić information content (AvgIpc) is 2.78. The van der Waals surface area contributed by atoms with Gasteiger partial charge in [-0.05, 0) is 42.7 Å². The normalized spacial score (nSPS) is 12.0. The fourth-order valence-electron chi connectivity index (χ4n) is 3.55. The molecule has 1 unspecified atom stereocenters. The first-order chi connectivity index (χ1) is 15.0. The van der Waals surface area contributed by atoms with Crippen molar-refractivity contribution in [2.45, 2.75) is 26.0 Å². The van der Waals surface area contributed by atoms with Crippen LogP contribution in [0.4, 0.5) is 0 Å². The number of nitrogens with one attached hydrogen (secondary N) is 1. The number of benzene rings is 3. The Labute approximate surface area is 180 Å². The van der Waals surface area contributed by atoms with Crippen LogP contribution in [0.25, 0.3) is 11.0 Å². The molecule has 5 nitrogen and oxygen atoms in total. The van der Waals surface area contributed by atoms with Gasteiger partial charge in [0.25, 0.3) is 5.91 Å². The van der Waals surface area contributed by atoms with Gasteiger partial charge >= 0.3 is 5.63 Å². The highest BCUT2D eigenvalue weighted by molar-refractivity contribution is 5.83. The van der Waals surface area contributed by atoms with E-state index < -0.39 is 11.7 Å². The summed E-state index contributed by atoms with van der Waals surface area (Å²) in [6, 6.07) is 26.0. The van der Waals surface area contributed by atoms with Crippen molar-refractivity contribution in [3.05, 3.63) is 112 Å². The van der Waals surface area contributed by atoms with Crippen molar-refractivity contribution in [1.29, 1.82) is 0 Å². The summed E-state index contributed by atoms with van der Waals surface area (Å²) in [5.41, 5.74) is 2.81. The van der Waals surface area contributed by atoms with Crippen LogP contribution in [0.2, 0.25) is 0 Å². The lowest BCUT2D eigenvalue weighted by Crippen LogP contribution is -2.39. The number of aryl methyl sites for hydroxylation is 1. The third-order valence-electron chi connectivity index (χ3n) is 5.16. The Morgan fingerprint density at radius 2 is 1.52 bits per heavy atom. The van der Waals surface area contributed by atoms with E-state index in [1.54, 1.807) is 19.1 Å². The second-order valence-electron chi connectivity index (χ2n) is 7.43. The Hall–Kier alpha value is -3.86. The standard InChI is InChI=1S/C26H23NO4/c1-17-15-24(28)31-23-16-21(13-14-22(17)23)30-18(2)26(29)27-25(19-9-5-3-6-10-19)20-11-7-4-8-12-20/h3-16,18,25H,1-2H3,(H,27,29). The summed E-state index contributed by atoms with van der Waals surface area (Å²) in [7, 11) is 0. The van der Waals surface area contributed by atoms with E-state index in [0.29, 0.717) is 11.3 Å². The van der Waals surface area contributed by atoms with Crippen LogP contribution in [0.15, 0.2) is 94.1 Å². The van der Waals surface area contributed by atoms with Crippen LogP contribution in [-0.4, -0.2) is 12.0 Å². The zero-order valence-electron chi connectivity index (χ0n) is 17.4. The van der Waals surface area contributed by atoms with Gasteiger partial charge < -0.3 is 14.5 Å². The number of hydrogen-bond acceptors (Lipinski definition) is 4. The number of carbonyl (C=O) groups is 1. The van der Waals surface area contributed by atoms with Gasteiger partial charge in [-0.1, -0.05) is 60.7 Å².